The molecule has 3 aromatic rings. The van der Waals surface area contributed by atoms with Crippen molar-refractivity contribution in [3.63, 3.8) is 0 Å². The van der Waals surface area contributed by atoms with Crippen LogP contribution < -0.4 is 14.8 Å². The van der Waals surface area contributed by atoms with E-state index < -0.39 is 17.4 Å². The molecule has 0 aliphatic heterocycles. The summed E-state index contributed by atoms with van der Waals surface area (Å²) in [6, 6.07) is 14.2. The molecule has 0 aliphatic carbocycles. The zero-order valence-electron chi connectivity index (χ0n) is 15.5. The summed E-state index contributed by atoms with van der Waals surface area (Å²) >= 11 is 0. The van der Waals surface area contributed by atoms with Gasteiger partial charge >= 0.3 is 5.69 Å². The average molecular weight is 398 g/mol. The maximum absolute atomic E-state index is 12.3. The van der Waals surface area contributed by atoms with Gasteiger partial charge in [0.25, 0.3) is 5.91 Å². The zero-order valence-corrected chi connectivity index (χ0v) is 15.5. The number of methoxy groups -OCH3 is 1. The molecule has 2 N–H and O–H groups in total. The summed E-state index contributed by atoms with van der Waals surface area (Å²) in [5.41, 5.74) is 0.820. The molecule has 1 amide bonds. The highest BCUT2D eigenvalue weighted by molar-refractivity contribution is 5.94. The molecule has 0 aliphatic rings. The second-order valence-corrected chi connectivity index (χ2v) is 5.90. The van der Waals surface area contributed by atoms with Gasteiger partial charge in [-0.05, 0) is 36.4 Å². The number of hydrogen-bond donors (Lipinski definition) is 2. The molecule has 3 rings (SSSR count). The topological polar surface area (TPSA) is 124 Å². The lowest BCUT2D eigenvalue weighted by Crippen LogP contribution is -2.20. The standard InChI is InChI=1S/C20H18N2O7/c1-27-18-8-6-13(17-9-7-14(11-23)29-17)10-15(18)21-20(24)12-28-19-5-3-2-4-16(19)22(25)26/h2-10,23H,11-12H2,1H3,(H,21,24). The van der Waals surface area contributed by atoms with Crippen LogP contribution in [-0.4, -0.2) is 29.7 Å². The number of furan rings is 1. The first-order valence-electron chi connectivity index (χ1n) is 8.56. The van der Waals surface area contributed by atoms with Crippen molar-refractivity contribution in [3.05, 3.63) is 70.5 Å². The minimum absolute atomic E-state index is 0.000448. The van der Waals surface area contributed by atoms with Gasteiger partial charge in [-0.1, -0.05) is 12.1 Å². The van der Waals surface area contributed by atoms with Crippen molar-refractivity contribution in [1.29, 1.82) is 0 Å². The number of rotatable bonds is 8. The summed E-state index contributed by atoms with van der Waals surface area (Å²) in [4.78, 5) is 22.8. The Balaban J connectivity index is 1.74. The third-order valence-corrected chi connectivity index (χ3v) is 4.00. The number of anilines is 1. The van der Waals surface area contributed by atoms with E-state index in [4.69, 9.17) is 19.0 Å². The van der Waals surface area contributed by atoms with Crippen LogP contribution in [0.3, 0.4) is 0 Å². The predicted octanol–water partition coefficient (Wildman–Crippen LogP) is 3.37. The van der Waals surface area contributed by atoms with Crippen molar-refractivity contribution >= 4 is 17.3 Å². The molecule has 2 aromatic carbocycles. The first-order valence-corrected chi connectivity index (χ1v) is 8.56. The lowest BCUT2D eigenvalue weighted by atomic mass is 10.1. The van der Waals surface area contributed by atoms with Crippen molar-refractivity contribution in [1.82, 2.24) is 0 Å². The number of para-hydroxylation sites is 2. The number of hydrogen-bond acceptors (Lipinski definition) is 7. The molecular formula is C20H18N2O7. The van der Waals surface area contributed by atoms with Crippen LogP contribution in [0.25, 0.3) is 11.3 Å². The van der Waals surface area contributed by atoms with Crippen molar-refractivity contribution in [2.75, 3.05) is 19.0 Å². The number of nitro benzene ring substituents is 1. The fraction of sp³-hybridized carbons (Fsp3) is 0.150. The number of nitrogens with one attached hydrogen (secondary N) is 1. The number of ether oxygens (including phenoxy) is 2. The Labute approximate surface area is 165 Å². The summed E-state index contributed by atoms with van der Waals surface area (Å²) in [7, 11) is 1.46. The van der Waals surface area contributed by atoms with Crippen molar-refractivity contribution in [2.45, 2.75) is 6.61 Å². The van der Waals surface area contributed by atoms with Crippen LogP contribution in [0.2, 0.25) is 0 Å². The maximum Gasteiger partial charge on any atom is 0.310 e. The smallest absolute Gasteiger partial charge is 0.310 e. The highest BCUT2D eigenvalue weighted by Crippen LogP contribution is 2.32. The van der Waals surface area contributed by atoms with Crippen LogP contribution in [0.15, 0.2) is 59.0 Å². The summed E-state index contributed by atoms with van der Waals surface area (Å²) in [6.45, 7) is -0.643. The Hall–Kier alpha value is -3.85. The second-order valence-electron chi connectivity index (χ2n) is 5.90. The molecule has 1 aromatic heterocycles. The second kappa shape index (κ2) is 8.89. The number of aliphatic hydroxyl groups excluding tert-OH is 1. The summed E-state index contributed by atoms with van der Waals surface area (Å²) in [5, 5.41) is 22.8. The van der Waals surface area contributed by atoms with E-state index in [0.717, 1.165) is 0 Å². The molecule has 29 heavy (non-hydrogen) atoms. The van der Waals surface area contributed by atoms with Gasteiger partial charge in [0.2, 0.25) is 0 Å². The molecule has 9 heteroatoms. The van der Waals surface area contributed by atoms with Gasteiger partial charge in [0, 0.05) is 11.6 Å². The quantitative estimate of drug-likeness (QED) is 0.440. The zero-order chi connectivity index (χ0) is 20.8. The Kier molecular flexibility index (Phi) is 6.10. The van der Waals surface area contributed by atoms with Gasteiger partial charge < -0.3 is 24.3 Å². The van der Waals surface area contributed by atoms with E-state index in [2.05, 4.69) is 5.32 Å². The van der Waals surface area contributed by atoms with Gasteiger partial charge in [0.05, 0.1) is 17.7 Å². The highest BCUT2D eigenvalue weighted by atomic mass is 16.6. The SMILES string of the molecule is COc1ccc(-c2ccc(CO)o2)cc1NC(=O)COc1ccccc1[N+](=O)[O-]. The van der Waals surface area contributed by atoms with E-state index in [9.17, 15) is 14.9 Å². The molecule has 150 valence electrons. The lowest BCUT2D eigenvalue weighted by Gasteiger charge is -2.12. The molecule has 9 nitrogen and oxygen atoms in total. The van der Waals surface area contributed by atoms with E-state index in [0.29, 0.717) is 28.5 Å². The minimum Gasteiger partial charge on any atom is -0.495 e. The third-order valence-electron chi connectivity index (χ3n) is 4.00. The van der Waals surface area contributed by atoms with Crippen molar-refractivity contribution in [2.24, 2.45) is 0 Å². The first-order chi connectivity index (χ1) is 14.0. The van der Waals surface area contributed by atoms with Crippen molar-refractivity contribution in [3.8, 4) is 22.8 Å². The molecule has 0 unspecified atom stereocenters. The molecule has 1 heterocycles. The number of carbonyl (C=O) groups is 1. The van der Waals surface area contributed by atoms with Crippen LogP contribution in [0.5, 0.6) is 11.5 Å². The number of aliphatic hydroxyl groups is 1. The fourth-order valence-electron chi connectivity index (χ4n) is 2.64. The van der Waals surface area contributed by atoms with Gasteiger partial charge in [-0.25, -0.2) is 0 Å². The predicted molar refractivity (Wildman–Crippen MR) is 104 cm³/mol. The summed E-state index contributed by atoms with van der Waals surface area (Å²) in [5.74, 6) is 0.832. The molecule has 0 fully saturated rings. The number of amides is 1. The molecule has 0 spiro atoms. The average Bonchev–Trinajstić information content (AvgIpc) is 3.21. The van der Waals surface area contributed by atoms with Gasteiger partial charge in [0.15, 0.2) is 12.4 Å². The van der Waals surface area contributed by atoms with Gasteiger partial charge in [0.1, 0.15) is 23.9 Å². The molecule has 0 saturated carbocycles. The first kappa shape index (κ1) is 19.9. The van der Waals surface area contributed by atoms with Crippen LogP contribution in [-0.2, 0) is 11.4 Å². The van der Waals surface area contributed by atoms with E-state index in [-0.39, 0.29) is 18.0 Å². The van der Waals surface area contributed by atoms with E-state index >= 15 is 0 Å². The molecule has 0 radical (unpaired) electrons. The third kappa shape index (κ3) is 4.71. The molecule has 0 bridgehead atoms. The normalized spacial score (nSPS) is 10.4. The molecule has 0 saturated heterocycles. The minimum atomic E-state index is -0.580. The van der Waals surface area contributed by atoms with E-state index in [1.807, 2.05) is 0 Å². The number of benzene rings is 2. The van der Waals surface area contributed by atoms with Gasteiger partial charge in [-0.15, -0.1) is 0 Å². The van der Waals surface area contributed by atoms with Crippen LogP contribution in [0, 0.1) is 10.1 Å². The number of nitrogens with zero attached hydrogens (tertiary/aromatic N) is 1. The fourth-order valence-corrected chi connectivity index (χ4v) is 2.64. The van der Waals surface area contributed by atoms with Gasteiger partial charge in [-0.3, -0.25) is 14.9 Å². The Morgan fingerprint density at radius 2 is 1.97 bits per heavy atom. The van der Waals surface area contributed by atoms with E-state index in [1.54, 1.807) is 36.4 Å². The van der Waals surface area contributed by atoms with Crippen LogP contribution in [0.1, 0.15) is 5.76 Å². The monoisotopic (exact) mass is 398 g/mol. The molecular weight excluding hydrogens is 380 g/mol. The van der Waals surface area contributed by atoms with E-state index in [1.165, 1.54) is 25.3 Å². The Morgan fingerprint density at radius 3 is 2.66 bits per heavy atom. The van der Waals surface area contributed by atoms with Crippen molar-refractivity contribution < 1.29 is 28.7 Å². The number of carbonyl (C=O) groups excluding carboxylic acids is 1. The summed E-state index contributed by atoms with van der Waals surface area (Å²) < 4.78 is 16.1. The van der Waals surface area contributed by atoms with Crippen LogP contribution >= 0.6 is 0 Å². The largest absolute Gasteiger partial charge is 0.495 e. The number of nitro groups is 1. The summed E-state index contributed by atoms with van der Waals surface area (Å²) in [6.07, 6.45) is 0. The Bertz CT molecular complexity index is 1030. The lowest BCUT2D eigenvalue weighted by molar-refractivity contribution is -0.385. The van der Waals surface area contributed by atoms with Gasteiger partial charge in [-0.2, -0.15) is 0 Å². The Morgan fingerprint density at radius 1 is 1.17 bits per heavy atom. The maximum atomic E-state index is 12.3. The highest BCUT2D eigenvalue weighted by Gasteiger charge is 2.16. The van der Waals surface area contributed by atoms with Crippen LogP contribution in [0.4, 0.5) is 11.4 Å². The molecule has 0 atom stereocenters.